The number of ether oxygens (including phenoxy) is 1. The molecule has 0 bridgehead atoms. The normalized spacial score (nSPS) is 21.7. The number of aliphatic hydroxyl groups is 1. The number of likely N-dealkylation sites (tertiary alicyclic amines) is 1. The monoisotopic (exact) mass is 327 g/mol. The fraction of sp³-hybridized carbons (Fsp3) is 0.600. The largest absolute Gasteiger partial charge is 0.387 e. The van der Waals surface area contributed by atoms with Gasteiger partial charge in [0.15, 0.2) is 0 Å². The first-order valence-corrected chi connectivity index (χ1v) is 7.72. The predicted octanol–water partition coefficient (Wildman–Crippen LogP) is 2.84. The third-order valence-electron chi connectivity index (χ3n) is 3.61. The number of hydrogen-bond donors (Lipinski definition) is 1. The van der Waals surface area contributed by atoms with Crippen molar-refractivity contribution in [3.05, 3.63) is 34.3 Å². The molecule has 1 heterocycles. The molecular weight excluding hydrogens is 306 g/mol. The molecule has 1 saturated heterocycles. The third kappa shape index (κ3) is 4.56. The van der Waals surface area contributed by atoms with Gasteiger partial charge in [0.1, 0.15) is 0 Å². The Hall–Kier alpha value is -0.420. The lowest BCUT2D eigenvalue weighted by Crippen LogP contribution is -2.27. The van der Waals surface area contributed by atoms with Gasteiger partial charge in [-0.05, 0) is 43.5 Å². The number of benzene rings is 1. The van der Waals surface area contributed by atoms with E-state index in [1.54, 1.807) is 0 Å². The maximum Gasteiger partial charge on any atom is 0.0916 e. The lowest BCUT2D eigenvalue weighted by atomic mass is 10.1. The molecule has 0 radical (unpaired) electrons. The van der Waals surface area contributed by atoms with Crippen LogP contribution < -0.4 is 0 Å². The molecule has 0 aromatic heterocycles. The van der Waals surface area contributed by atoms with Crippen LogP contribution in [0, 0.1) is 5.92 Å². The van der Waals surface area contributed by atoms with E-state index < -0.39 is 6.10 Å². The van der Waals surface area contributed by atoms with E-state index in [2.05, 4.69) is 20.8 Å². The molecule has 1 fully saturated rings. The van der Waals surface area contributed by atoms with Gasteiger partial charge < -0.3 is 14.7 Å². The maximum absolute atomic E-state index is 10.2. The number of β-amino-alcohol motifs (C(OH)–C–C–N with tert-alkyl or cyclic N) is 1. The zero-order valence-electron chi connectivity index (χ0n) is 11.4. The summed E-state index contributed by atoms with van der Waals surface area (Å²) < 4.78 is 6.52. The van der Waals surface area contributed by atoms with Crippen LogP contribution in [0.2, 0.25) is 0 Å². The Bertz CT molecular complexity index is 382. The Balaban J connectivity index is 1.80. The summed E-state index contributed by atoms with van der Waals surface area (Å²) in [5.74, 6) is 0.622. The standard InChI is InChI=1S/C15H22BrNO2/c1-2-19-11-12-7-8-17(9-12)10-15(18)13-3-5-14(16)6-4-13/h3-6,12,15,18H,2,7-11H2,1H3. The van der Waals surface area contributed by atoms with Gasteiger partial charge in [0.05, 0.1) is 12.7 Å². The molecule has 2 unspecified atom stereocenters. The van der Waals surface area contributed by atoms with Crippen molar-refractivity contribution in [2.75, 3.05) is 32.8 Å². The van der Waals surface area contributed by atoms with Crippen LogP contribution in [0.5, 0.6) is 0 Å². The van der Waals surface area contributed by atoms with Crippen LogP contribution in [-0.4, -0.2) is 42.9 Å². The second-order valence-electron chi connectivity index (χ2n) is 5.14. The molecule has 19 heavy (non-hydrogen) atoms. The van der Waals surface area contributed by atoms with Gasteiger partial charge in [-0.3, -0.25) is 0 Å². The topological polar surface area (TPSA) is 32.7 Å². The Morgan fingerprint density at radius 1 is 1.42 bits per heavy atom. The first-order chi connectivity index (χ1) is 9.19. The predicted molar refractivity (Wildman–Crippen MR) is 80.1 cm³/mol. The lowest BCUT2D eigenvalue weighted by Gasteiger charge is -2.20. The minimum absolute atomic E-state index is 0.404. The smallest absolute Gasteiger partial charge is 0.0916 e. The van der Waals surface area contributed by atoms with Crippen LogP contribution in [-0.2, 0) is 4.74 Å². The SMILES string of the molecule is CCOCC1CCN(CC(O)c2ccc(Br)cc2)C1. The number of aliphatic hydroxyl groups excluding tert-OH is 1. The van der Waals surface area contributed by atoms with E-state index in [1.807, 2.05) is 31.2 Å². The highest BCUT2D eigenvalue weighted by Gasteiger charge is 2.24. The van der Waals surface area contributed by atoms with E-state index in [0.717, 1.165) is 36.3 Å². The summed E-state index contributed by atoms with van der Waals surface area (Å²) in [6.45, 7) is 6.48. The Morgan fingerprint density at radius 3 is 2.84 bits per heavy atom. The summed E-state index contributed by atoms with van der Waals surface area (Å²) in [5, 5.41) is 10.2. The van der Waals surface area contributed by atoms with Crippen molar-refractivity contribution in [1.82, 2.24) is 4.90 Å². The van der Waals surface area contributed by atoms with Crippen LogP contribution in [0.15, 0.2) is 28.7 Å². The molecule has 1 N–H and O–H groups in total. The van der Waals surface area contributed by atoms with Gasteiger partial charge in [-0.2, -0.15) is 0 Å². The minimum atomic E-state index is -0.404. The highest BCUT2D eigenvalue weighted by molar-refractivity contribution is 9.10. The van der Waals surface area contributed by atoms with E-state index in [1.165, 1.54) is 6.42 Å². The highest BCUT2D eigenvalue weighted by Crippen LogP contribution is 2.22. The van der Waals surface area contributed by atoms with E-state index in [4.69, 9.17) is 4.74 Å². The van der Waals surface area contributed by atoms with Crippen molar-refractivity contribution >= 4 is 15.9 Å². The quantitative estimate of drug-likeness (QED) is 0.872. The van der Waals surface area contributed by atoms with Gasteiger partial charge in [0, 0.05) is 24.2 Å². The van der Waals surface area contributed by atoms with E-state index >= 15 is 0 Å². The highest BCUT2D eigenvalue weighted by atomic mass is 79.9. The van der Waals surface area contributed by atoms with Gasteiger partial charge in [-0.1, -0.05) is 28.1 Å². The van der Waals surface area contributed by atoms with Crippen molar-refractivity contribution in [2.45, 2.75) is 19.4 Å². The average molecular weight is 328 g/mol. The number of nitrogens with zero attached hydrogens (tertiary/aromatic N) is 1. The van der Waals surface area contributed by atoms with Crippen LogP contribution in [0.1, 0.15) is 25.0 Å². The fourth-order valence-electron chi connectivity index (χ4n) is 2.53. The molecule has 2 atom stereocenters. The summed E-state index contributed by atoms with van der Waals surface area (Å²) in [6.07, 6.45) is 0.770. The van der Waals surface area contributed by atoms with Gasteiger partial charge in [-0.25, -0.2) is 0 Å². The zero-order chi connectivity index (χ0) is 13.7. The van der Waals surface area contributed by atoms with Crippen LogP contribution in [0.3, 0.4) is 0 Å². The molecule has 1 aliphatic rings. The number of hydrogen-bond acceptors (Lipinski definition) is 3. The average Bonchev–Trinajstić information content (AvgIpc) is 2.84. The zero-order valence-corrected chi connectivity index (χ0v) is 13.0. The third-order valence-corrected chi connectivity index (χ3v) is 4.14. The van der Waals surface area contributed by atoms with Crippen molar-refractivity contribution in [2.24, 2.45) is 5.92 Å². The molecular formula is C15H22BrNO2. The van der Waals surface area contributed by atoms with Crippen LogP contribution >= 0.6 is 15.9 Å². The van der Waals surface area contributed by atoms with Gasteiger partial charge in [-0.15, -0.1) is 0 Å². The summed E-state index contributed by atoms with van der Waals surface area (Å²) in [7, 11) is 0. The fourth-order valence-corrected chi connectivity index (χ4v) is 2.80. The van der Waals surface area contributed by atoms with Crippen LogP contribution in [0.25, 0.3) is 0 Å². The van der Waals surface area contributed by atoms with E-state index in [-0.39, 0.29) is 0 Å². The summed E-state index contributed by atoms with van der Waals surface area (Å²) in [4.78, 5) is 2.33. The Labute approximate surface area is 123 Å². The van der Waals surface area contributed by atoms with Crippen molar-refractivity contribution < 1.29 is 9.84 Å². The minimum Gasteiger partial charge on any atom is -0.387 e. The molecule has 0 aliphatic carbocycles. The van der Waals surface area contributed by atoms with Crippen molar-refractivity contribution in [1.29, 1.82) is 0 Å². The summed E-state index contributed by atoms with van der Waals surface area (Å²) in [6, 6.07) is 7.89. The first-order valence-electron chi connectivity index (χ1n) is 6.92. The summed E-state index contributed by atoms with van der Waals surface area (Å²) in [5.41, 5.74) is 0.983. The molecule has 4 heteroatoms. The second kappa shape index (κ2) is 7.39. The molecule has 106 valence electrons. The maximum atomic E-state index is 10.2. The number of halogens is 1. The Kier molecular flexibility index (Phi) is 5.82. The molecule has 0 spiro atoms. The van der Waals surface area contributed by atoms with Gasteiger partial charge in [0.2, 0.25) is 0 Å². The molecule has 1 aliphatic heterocycles. The van der Waals surface area contributed by atoms with Gasteiger partial charge >= 0.3 is 0 Å². The van der Waals surface area contributed by atoms with E-state index in [9.17, 15) is 5.11 Å². The summed E-state index contributed by atoms with van der Waals surface area (Å²) >= 11 is 3.41. The van der Waals surface area contributed by atoms with Crippen molar-refractivity contribution in [3.8, 4) is 0 Å². The first kappa shape index (κ1) is 15.0. The van der Waals surface area contributed by atoms with Crippen molar-refractivity contribution in [3.63, 3.8) is 0 Å². The molecule has 0 amide bonds. The molecule has 0 saturated carbocycles. The lowest BCUT2D eigenvalue weighted by molar-refractivity contribution is 0.100. The molecule has 2 rings (SSSR count). The van der Waals surface area contributed by atoms with Gasteiger partial charge in [0.25, 0.3) is 0 Å². The van der Waals surface area contributed by atoms with E-state index in [0.29, 0.717) is 12.5 Å². The molecule has 1 aromatic carbocycles. The molecule has 1 aromatic rings. The molecule has 3 nitrogen and oxygen atoms in total. The number of rotatable bonds is 6. The van der Waals surface area contributed by atoms with Crippen LogP contribution in [0.4, 0.5) is 0 Å². The Morgan fingerprint density at radius 2 is 2.16 bits per heavy atom. The second-order valence-corrected chi connectivity index (χ2v) is 6.06.